The van der Waals surface area contributed by atoms with Crippen molar-refractivity contribution in [1.82, 2.24) is 0 Å². The van der Waals surface area contributed by atoms with Gasteiger partial charge in [-0.25, -0.2) is 0 Å². The summed E-state index contributed by atoms with van der Waals surface area (Å²) in [6.07, 6.45) is 14.8. The topological polar surface area (TPSA) is 3.24 Å². The SMILES string of the molecule is CC1=C(N(C2=CC=CCC2C)c2ccc(C(C)(C)C)cc2)C=CCC1. The predicted molar refractivity (Wildman–Crippen MR) is 110 cm³/mol. The molecule has 1 aromatic rings. The third-order valence-corrected chi connectivity index (χ3v) is 5.29. The van der Waals surface area contributed by atoms with Crippen molar-refractivity contribution in [3.63, 3.8) is 0 Å². The number of hydrogen-bond donors (Lipinski definition) is 0. The third kappa shape index (κ3) is 3.81. The smallest absolute Gasteiger partial charge is 0.0458 e. The van der Waals surface area contributed by atoms with Crippen LogP contribution in [0, 0.1) is 5.92 Å². The van der Waals surface area contributed by atoms with Crippen molar-refractivity contribution in [2.45, 2.75) is 59.3 Å². The zero-order valence-corrected chi connectivity index (χ0v) is 16.3. The minimum atomic E-state index is 0.184. The Kier molecular flexibility index (Phi) is 5.03. The van der Waals surface area contributed by atoms with Crippen molar-refractivity contribution in [1.29, 1.82) is 0 Å². The highest BCUT2D eigenvalue weighted by atomic mass is 15.2. The fourth-order valence-electron chi connectivity index (χ4n) is 3.60. The monoisotopic (exact) mass is 333 g/mol. The number of allylic oxidation sites excluding steroid dienone is 7. The lowest BCUT2D eigenvalue weighted by Crippen LogP contribution is -2.27. The molecule has 0 bridgehead atoms. The molecule has 1 heteroatoms. The fourth-order valence-corrected chi connectivity index (χ4v) is 3.60. The lowest BCUT2D eigenvalue weighted by Gasteiger charge is -2.35. The van der Waals surface area contributed by atoms with Crippen LogP contribution in [0.15, 0.2) is 71.6 Å². The van der Waals surface area contributed by atoms with Gasteiger partial charge in [0.15, 0.2) is 0 Å². The highest BCUT2D eigenvalue weighted by Crippen LogP contribution is 2.36. The van der Waals surface area contributed by atoms with E-state index in [0.29, 0.717) is 5.92 Å². The Bertz CT molecular complexity index is 735. The maximum absolute atomic E-state index is 2.48. The lowest BCUT2D eigenvalue weighted by molar-refractivity contribution is 0.590. The Morgan fingerprint density at radius 3 is 2.36 bits per heavy atom. The number of anilines is 1. The van der Waals surface area contributed by atoms with Gasteiger partial charge >= 0.3 is 0 Å². The van der Waals surface area contributed by atoms with Gasteiger partial charge in [0, 0.05) is 23.0 Å². The molecule has 0 amide bonds. The molecule has 1 unspecified atom stereocenters. The number of rotatable bonds is 3. The first kappa shape index (κ1) is 17.8. The summed E-state index contributed by atoms with van der Waals surface area (Å²) in [5.74, 6) is 0.530. The molecular formula is C24H31N. The Labute approximate surface area is 153 Å². The second kappa shape index (κ2) is 7.07. The Morgan fingerprint density at radius 1 is 1.04 bits per heavy atom. The normalized spacial score (nSPS) is 20.7. The van der Waals surface area contributed by atoms with Crippen molar-refractivity contribution in [2.24, 2.45) is 5.92 Å². The third-order valence-electron chi connectivity index (χ3n) is 5.29. The van der Waals surface area contributed by atoms with Crippen LogP contribution in [0.4, 0.5) is 5.69 Å². The summed E-state index contributed by atoms with van der Waals surface area (Å²) < 4.78 is 0. The number of nitrogens with zero attached hydrogens (tertiary/aromatic N) is 1. The van der Waals surface area contributed by atoms with Crippen LogP contribution in [0.2, 0.25) is 0 Å². The number of hydrogen-bond acceptors (Lipinski definition) is 1. The quantitative estimate of drug-likeness (QED) is 0.582. The van der Waals surface area contributed by atoms with Gasteiger partial charge in [-0.2, -0.15) is 0 Å². The number of benzene rings is 1. The zero-order valence-electron chi connectivity index (χ0n) is 16.3. The molecule has 0 aliphatic heterocycles. The highest BCUT2D eigenvalue weighted by Gasteiger charge is 2.24. The largest absolute Gasteiger partial charge is 0.314 e. The predicted octanol–water partition coefficient (Wildman–Crippen LogP) is 6.89. The van der Waals surface area contributed by atoms with Crippen LogP contribution >= 0.6 is 0 Å². The van der Waals surface area contributed by atoms with Gasteiger partial charge in [0.05, 0.1) is 0 Å². The van der Waals surface area contributed by atoms with E-state index in [2.05, 4.69) is 94.2 Å². The molecule has 2 aliphatic carbocycles. The lowest BCUT2D eigenvalue weighted by atomic mass is 9.87. The van der Waals surface area contributed by atoms with E-state index in [1.165, 1.54) is 28.2 Å². The molecule has 132 valence electrons. The second-order valence-electron chi connectivity index (χ2n) is 8.40. The van der Waals surface area contributed by atoms with Crippen LogP contribution in [0.1, 0.15) is 59.4 Å². The van der Waals surface area contributed by atoms with Crippen LogP contribution < -0.4 is 4.90 Å². The summed E-state index contributed by atoms with van der Waals surface area (Å²) >= 11 is 0. The Hall–Kier alpha value is -2.02. The molecule has 1 nitrogen and oxygen atoms in total. The molecular weight excluding hydrogens is 302 g/mol. The molecule has 0 N–H and O–H groups in total. The summed E-state index contributed by atoms with van der Waals surface area (Å²) in [4.78, 5) is 2.48. The van der Waals surface area contributed by atoms with Crippen molar-refractivity contribution in [3.8, 4) is 0 Å². The van der Waals surface area contributed by atoms with Gasteiger partial charge in [0.1, 0.15) is 0 Å². The molecule has 0 saturated carbocycles. The molecule has 0 radical (unpaired) electrons. The Morgan fingerprint density at radius 2 is 1.76 bits per heavy atom. The van der Waals surface area contributed by atoms with E-state index in [1.54, 1.807) is 0 Å². The van der Waals surface area contributed by atoms with Crippen molar-refractivity contribution >= 4 is 5.69 Å². The van der Waals surface area contributed by atoms with Crippen LogP contribution in [0.25, 0.3) is 0 Å². The molecule has 2 aliphatic rings. The van der Waals surface area contributed by atoms with Crippen LogP contribution in [-0.4, -0.2) is 0 Å². The summed E-state index contributed by atoms with van der Waals surface area (Å²) in [7, 11) is 0. The molecule has 1 aromatic carbocycles. The minimum absolute atomic E-state index is 0.184. The van der Waals surface area contributed by atoms with Gasteiger partial charge in [-0.1, -0.05) is 58.1 Å². The average molecular weight is 334 g/mol. The van der Waals surface area contributed by atoms with Crippen LogP contribution in [-0.2, 0) is 5.41 Å². The molecule has 0 fully saturated rings. The summed E-state index contributed by atoms with van der Waals surface area (Å²) in [5, 5.41) is 0. The summed E-state index contributed by atoms with van der Waals surface area (Å²) in [6.45, 7) is 11.4. The molecule has 3 rings (SSSR count). The fraction of sp³-hybridized carbons (Fsp3) is 0.417. The van der Waals surface area contributed by atoms with Gasteiger partial charge in [-0.3, -0.25) is 0 Å². The van der Waals surface area contributed by atoms with E-state index >= 15 is 0 Å². The van der Waals surface area contributed by atoms with Gasteiger partial charge < -0.3 is 4.90 Å². The first-order valence-corrected chi connectivity index (χ1v) is 9.51. The standard InChI is InChI=1S/C24H31N/c1-18-10-6-8-12-22(18)25(23-13-9-7-11-19(23)2)21-16-14-20(15-17-21)24(3,4)5/h6,8-9,12-18H,7,10-11H2,1-5H3. The molecule has 25 heavy (non-hydrogen) atoms. The molecule has 0 aromatic heterocycles. The maximum Gasteiger partial charge on any atom is 0.0458 e. The maximum atomic E-state index is 2.48. The molecule has 0 spiro atoms. The summed E-state index contributed by atoms with van der Waals surface area (Å²) in [5.41, 5.74) is 7.05. The van der Waals surface area contributed by atoms with Crippen molar-refractivity contribution < 1.29 is 0 Å². The summed E-state index contributed by atoms with van der Waals surface area (Å²) in [6, 6.07) is 9.15. The van der Waals surface area contributed by atoms with Crippen molar-refractivity contribution in [2.75, 3.05) is 4.90 Å². The molecule has 1 atom stereocenters. The Balaban J connectivity index is 2.07. The first-order chi connectivity index (χ1) is 11.9. The second-order valence-corrected chi connectivity index (χ2v) is 8.40. The van der Waals surface area contributed by atoms with Crippen LogP contribution in [0.5, 0.6) is 0 Å². The van der Waals surface area contributed by atoms with E-state index in [1.807, 2.05) is 0 Å². The minimum Gasteiger partial charge on any atom is -0.314 e. The highest BCUT2D eigenvalue weighted by molar-refractivity contribution is 5.63. The van der Waals surface area contributed by atoms with Gasteiger partial charge in [0.25, 0.3) is 0 Å². The molecule has 0 saturated heterocycles. The van der Waals surface area contributed by atoms with E-state index in [-0.39, 0.29) is 5.41 Å². The van der Waals surface area contributed by atoms with Crippen molar-refractivity contribution in [3.05, 3.63) is 77.2 Å². The van der Waals surface area contributed by atoms with Gasteiger partial charge in [-0.05, 0) is 67.0 Å². The van der Waals surface area contributed by atoms with Gasteiger partial charge in [0.2, 0.25) is 0 Å². The van der Waals surface area contributed by atoms with E-state index in [0.717, 1.165) is 19.3 Å². The van der Waals surface area contributed by atoms with Crippen LogP contribution in [0.3, 0.4) is 0 Å². The van der Waals surface area contributed by atoms with E-state index in [9.17, 15) is 0 Å². The first-order valence-electron chi connectivity index (χ1n) is 9.51. The average Bonchev–Trinajstić information content (AvgIpc) is 2.58. The van der Waals surface area contributed by atoms with E-state index < -0.39 is 0 Å². The van der Waals surface area contributed by atoms with E-state index in [4.69, 9.17) is 0 Å². The van der Waals surface area contributed by atoms with Gasteiger partial charge in [-0.15, -0.1) is 0 Å². The molecule has 0 heterocycles. The zero-order chi connectivity index (χ0) is 18.0.